The molecule has 124 valence electrons. The van der Waals surface area contributed by atoms with Crippen LogP contribution in [0.1, 0.15) is 24.0 Å². The van der Waals surface area contributed by atoms with Crippen molar-refractivity contribution in [3.63, 3.8) is 0 Å². The van der Waals surface area contributed by atoms with Crippen molar-refractivity contribution in [2.45, 2.75) is 18.4 Å². The molecule has 1 unspecified atom stereocenters. The summed E-state index contributed by atoms with van der Waals surface area (Å²) < 4.78 is 5.37. The van der Waals surface area contributed by atoms with Crippen LogP contribution in [0.5, 0.6) is 0 Å². The van der Waals surface area contributed by atoms with E-state index in [1.165, 1.54) is 14.0 Å². The van der Waals surface area contributed by atoms with E-state index in [2.05, 4.69) is 5.32 Å². The minimum absolute atomic E-state index is 0.0868. The normalized spacial score (nSPS) is 15.2. The lowest BCUT2D eigenvalue weighted by molar-refractivity contribution is -0.162. The lowest BCUT2D eigenvalue weighted by atomic mass is 9.97. The molecule has 0 fully saturated rings. The fourth-order valence-electron chi connectivity index (χ4n) is 3.04. The second-order valence-corrected chi connectivity index (χ2v) is 6.01. The van der Waals surface area contributed by atoms with Crippen LogP contribution < -0.4 is 5.32 Å². The van der Waals surface area contributed by atoms with Crippen molar-refractivity contribution >= 4 is 11.9 Å². The van der Waals surface area contributed by atoms with Crippen LogP contribution in [0, 0.1) is 0 Å². The molecule has 0 radical (unpaired) electrons. The summed E-state index contributed by atoms with van der Waals surface area (Å²) in [5.74, 6) is -2.14. The molecule has 2 aromatic rings. The van der Waals surface area contributed by atoms with E-state index in [0.717, 1.165) is 22.3 Å². The van der Waals surface area contributed by atoms with Crippen molar-refractivity contribution in [2.24, 2.45) is 0 Å². The molecule has 2 aromatic carbocycles. The van der Waals surface area contributed by atoms with Crippen molar-refractivity contribution in [3.05, 3.63) is 59.7 Å². The van der Waals surface area contributed by atoms with Crippen LogP contribution in [-0.4, -0.2) is 36.2 Å². The Morgan fingerprint density at radius 3 is 2.04 bits per heavy atom. The quantitative estimate of drug-likeness (QED) is 0.652. The zero-order valence-electron chi connectivity index (χ0n) is 13.6. The second kappa shape index (κ2) is 6.09. The number of ether oxygens (including phenoxy) is 1. The topological polar surface area (TPSA) is 75.6 Å². The number of hydrogen-bond donors (Lipinski definition) is 2. The van der Waals surface area contributed by atoms with E-state index < -0.39 is 17.5 Å². The van der Waals surface area contributed by atoms with E-state index in [0.29, 0.717) is 0 Å². The zero-order valence-corrected chi connectivity index (χ0v) is 13.6. The Kier molecular flexibility index (Phi) is 4.11. The van der Waals surface area contributed by atoms with Gasteiger partial charge in [-0.25, -0.2) is 9.59 Å². The Morgan fingerprint density at radius 1 is 1.08 bits per heavy atom. The van der Waals surface area contributed by atoms with E-state index >= 15 is 0 Å². The smallest absolute Gasteiger partial charge is 0.337 e. The molecule has 1 atom stereocenters. The predicted octanol–water partition coefficient (Wildman–Crippen LogP) is 2.40. The number of nitrogens with one attached hydrogen (secondary N) is 1. The van der Waals surface area contributed by atoms with Crippen LogP contribution in [0.15, 0.2) is 48.5 Å². The van der Waals surface area contributed by atoms with Gasteiger partial charge in [0.25, 0.3) is 0 Å². The van der Waals surface area contributed by atoms with E-state index in [4.69, 9.17) is 4.74 Å². The van der Waals surface area contributed by atoms with Crippen molar-refractivity contribution in [1.82, 2.24) is 5.32 Å². The van der Waals surface area contributed by atoms with Crippen molar-refractivity contribution in [3.8, 4) is 11.1 Å². The van der Waals surface area contributed by atoms with Crippen molar-refractivity contribution in [2.75, 3.05) is 13.7 Å². The van der Waals surface area contributed by atoms with Gasteiger partial charge >= 0.3 is 11.9 Å². The standard InChI is InChI=1S/C19H19NO4/c1-19(20-2,17(21)22)18(23)24-11-16-14-9-5-3-7-12(14)13-8-4-6-10-15(13)16/h3-10,16,20H,11H2,1-2H3,(H,21,22). The number of carboxylic acids is 1. The maximum atomic E-state index is 12.3. The highest BCUT2D eigenvalue weighted by atomic mass is 16.5. The average molecular weight is 325 g/mol. The molecule has 5 nitrogen and oxygen atoms in total. The number of rotatable bonds is 5. The summed E-state index contributed by atoms with van der Waals surface area (Å²) in [5, 5.41) is 11.8. The summed E-state index contributed by atoms with van der Waals surface area (Å²) in [4.78, 5) is 23.6. The number of carbonyl (C=O) groups excluding carboxylic acids is 1. The molecule has 2 N–H and O–H groups in total. The Morgan fingerprint density at radius 2 is 1.58 bits per heavy atom. The van der Waals surface area contributed by atoms with Gasteiger partial charge < -0.3 is 9.84 Å². The third-order valence-electron chi connectivity index (χ3n) is 4.68. The number of aliphatic carboxylic acids is 1. The van der Waals surface area contributed by atoms with Crippen LogP contribution in [-0.2, 0) is 14.3 Å². The van der Waals surface area contributed by atoms with Gasteiger partial charge in [0, 0.05) is 5.92 Å². The first-order valence-electron chi connectivity index (χ1n) is 7.76. The number of carbonyl (C=O) groups is 2. The molecule has 24 heavy (non-hydrogen) atoms. The minimum Gasteiger partial charge on any atom is -0.479 e. The molecular formula is C19H19NO4. The lowest BCUT2D eigenvalue weighted by Crippen LogP contribution is -2.55. The van der Waals surface area contributed by atoms with E-state index in [1.54, 1.807) is 0 Å². The van der Waals surface area contributed by atoms with Gasteiger partial charge in [-0.15, -0.1) is 0 Å². The number of hydrogen-bond acceptors (Lipinski definition) is 4. The monoisotopic (exact) mass is 325 g/mol. The molecule has 0 saturated heterocycles. The lowest BCUT2D eigenvalue weighted by Gasteiger charge is -2.23. The number of benzene rings is 2. The molecule has 3 rings (SSSR count). The summed E-state index contributed by atoms with van der Waals surface area (Å²) in [6.07, 6.45) is 0. The van der Waals surface area contributed by atoms with E-state index in [9.17, 15) is 14.7 Å². The zero-order chi connectivity index (χ0) is 17.3. The molecular weight excluding hydrogens is 306 g/mol. The van der Waals surface area contributed by atoms with Gasteiger partial charge in [0.05, 0.1) is 0 Å². The molecule has 0 aromatic heterocycles. The molecule has 0 aliphatic heterocycles. The highest BCUT2D eigenvalue weighted by Gasteiger charge is 2.42. The van der Waals surface area contributed by atoms with Gasteiger partial charge in [0.1, 0.15) is 6.61 Å². The first-order chi connectivity index (χ1) is 11.5. The Labute approximate surface area is 140 Å². The molecule has 1 aliphatic rings. The van der Waals surface area contributed by atoms with Crippen molar-refractivity contribution < 1.29 is 19.4 Å². The fourth-order valence-corrected chi connectivity index (χ4v) is 3.04. The third kappa shape index (κ3) is 2.47. The Hall–Kier alpha value is -2.66. The molecule has 0 saturated carbocycles. The summed E-state index contributed by atoms with van der Waals surface area (Å²) in [6.45, 7) is 1.41. The first-order valence-corrected chi connectivity index (χ1v) is 7.76. The van der Waals surface area contributed by atoms with Gasteiger partial charge in [-0.3, -0.25) is 5.32 Å². The van der Waals surface area contributed by atoms with Gasteiger partial charge in [-0.1, -0.05) is 48.5 Å². The van der Waals surface area contributed by atoms with Gasteiger partial charge in [0.15, 0.2) is 0 Å². The maximum Gasteiger partial charge on any atom is 0.337 e. The number of carboxylic acid groups (broad SMARTS) is 1. The predicted molar refractivity (Wildman–Crippen MR) is 89.8 cm³/mol. The number of esters is 1. The summed E-state index contributed by atoms with van der Waals surface area (Å²) in [7, 11) is 1.43. The molecule has 5 heteroatoms. The molecule has 0 amide bonds. The van der Waals surface area contributed by atoms with Crippen LogP contribution in [0.2, 0.25) is 0 Å². The molecule has 0 heterocycles. The highest BCUT2D eigenvalue weighted by molar-refractivity contribution is 6.03. The van der Waals surface area contributed by atoms with Crippen LogP contribution in [0.4, 0.5) is 0 Å². The second-order valence-electron chi connectivity index (χ2n) is 6.01. The molecule has 0 spiro atoms. The molecule has 1 aliphatic carbocycles. The summed E-state index contributed by atoms with van der Waals surface area (Å²) in [6, 6.07) is 16.0. The minimum atomic E-state index is -1.75. The van der Waals surface area contributed by atoms with Crippen LogP contribution in [0.3, 0.4) is 0 Å². The van der Waals surface area contributed by atoms with Gasteiger partial charge in [-0.2, -0.15) is 0 Å². The first kappa shape index (κ1) is 16.2. The summed E-state index contributed by atoms with van der Waals surface area (Å²) >= 11 is 0. The largest absolute Gasteiger partial charge is 0.479 e. The Bertz CT molecular complexity index is 756. The fraction of sp³-hybridized carbons (Fsp3) is 0.263. The maximum absolute atomic E-state index is 12.3. The van der Waals surface area contributed by atoms with E-state index in [-0.39, 0.29) is 12.5 Å². The van der Waals surface area contributed by atoms with E-state index in [1.807, 2.05) is 48.5 Å². The third-order valence-corrected chi connectivity index (χ3v) is 4.68. The van der Waals surface area contributed by atoms with Crippen LogP contribution >= 0.6 is 0 Å². The van der Waals surface area contributed by atoms with Gasteiger partial charge in [-0.05, 0) is 36.2 Å². The average Bonchev–Trinajstić information content (AvgIpc) is 2.92. The highest BCUT2D eigenvalue weighted by Crippen LogP contribution is 2.44. The Balaban J connectivity index is 1.86. The summed E-state index contributed by atoms with van der Waals surface area (Å²) in [5.41, 5.74) is 2.69. The van der Waals surface area contributed by atoms with Gasteiger partial charge in [0.2, 0.25) is 5.54 Å². The number of fused-ring (bicyclic) bond motifs is 3. The van der Waals surface area contributed by atoms with Crippen molar-refractivity contribution in [1.29, 1.82) is 0 Å². The van der Waals surface area contributed by atoms with Crippen LogP contribution in [0.25, 0.3) is 11.1 Å². The molecule has 0 bridgehead atoms. The SMILES string of the molecule is CNC(C)(C(=O)O)C(=O)OCC1c2ccccc2-c2ccccc21. The number of likely N-dealkylation sites (N-methyl/N-ethyl adjacent to an activating group) is 1.